The summed E-state index contributed by atoms with van der Waals surface area (Å²) in [5.74, 6) is 0.524. The molecule has 5 aromatic rings. The predicted octanol–water partition coefficient (Wildman–Crippen LogP) is 4.54. The molecule has 8 heteroatoms. The number of carbonyl (C=O) groups is 1. The maximum absolute atomic E-state index is 13.0. The Balaban J connectivity index is 1.25. The van der Waals surface area contributed by atoms with Gasteiger partial charge in [0.05, 0.1) is 11.0 Å². The average molecular weight is 433 g/mol. The zero-order chi connectivity index (χ0) is 22.2. The molecule has 1 fully saturated rings. The molecule has 4 heterocycles. The zero-order valence-corrected chi connectivity index (χ0v) is 17.6. The molecule has 1 aliphatic carbocycles. The van der Waals surface area contributed by atoms with Gasteiger partial charge in [0.25, 0.3) is 5.91 Å². The van der Waals surface area contributed by atoms with E-state index in [1.807, 2.05) is 48.5 Å². The van der Waals surface area contributed by atoms with Crippen LogP contribution in [-0.4, -0.2) is 35.6 Å². The predicted molar refractivity (Wildman–Crippen MR) is 124 cm³/mol. The minimum absolute atomic E-state index is 0.287. The van der Waals surface area contributed by atoms with Gasteiger partial charge in [-0.2, -0.15) is 0 Å². The molecule has 8 nitrogen and oxygen atoms in total. The lowest BCUT2D eigenvalue weighted by Gasteiger charge is -2.09. The van der Waals surface area contributed by atoms with Crippen LogP contribution >= 0.6 is 0 Å². The number of fused-ring (bicyclic) bond motifs is 1. The molecule has 0 saturated heterocycles. The maximum Gasteiger partial charge on any atom is 0.274 e. The molecule has 33 heavy (non-hydrogen) atoms. The summed E-state index contributed by atoms with van der Waals surface area (Å²) in [4.78, 5) is 26.0. The van der Waals surface area contributed by atoms with Gasteiger partial charge in [-0.25, -0.2) is 0 Å². The molecule has 1 aromatic carbocycles. The van der Waals surface area contributed by atoms with Crippen molar-refractivity contribution in [2.75, 3.05) is 5.32 Å². The molecular weight excluding hydrogens is 414 g/mol. The number of anilines is 1. The normalized spacial score (nSPS) is 13.2. The Labute approximate surface area is 189 Å². The number of rotatable bonds is 5. The number of amides is 1. The van der Waals surface area contributed by atoms with E-state index in [0.29, 0.717) is 17.4 Å². The van der Waals surface area contributed by atoms with E-state index in [1.54, 1.807) is 31.0 Å². The molecule has 1 saturated carbocycles. The first-order valence-electron chi connectivity index (χ1n) is 10.7. The van der Waals surface area contributed by atoms with Gasteiger partial charge in [-0.15, -0.1) is 10.2 Å². The van der Waals surface area contributed by atoms with E-state index in [0.717, 1.165) is 46.4 Å². The lowest BCUT2D eigenvalue weighted by atomic mass is 10.1. The summed E-state index contributed by atoms with van der Waals surface area (Å²) in [7, 11) is 0. The molecular formula is C25H19N7O. The van der Waals surface area contributed by atoms with E-state index in [9.17, 15) is 4.79 Å². The molecule has 0 aliphatic heterocycles. The zero-order valence-electron chi connectivity index (χ0n) is 17.6. The number of benzene rings is 1. The molecule has 1 amide bonds. The van der Waals surface area contributed by atoms with Gasteiger partial charge in [-0.3, -0.25) is 19.7 Å². The van der Waals surface area contributed by atoms with Crippen molar-refractivity contribution in [2.24, 2.45) is 0 Å². The fraction of sp³-hybridized carbons (Fsp3) is 0.120. The van der Waals surface area contributed by atoms with Crippen molar-refractivity contribution in [1.82, 2.24) is 29.7 Å². The highest BCUT2D eigenvalue weighted by Gasteiger charge is 2.26. The van der Waals surface area contributed by atoms with Crippen molar-refractivity contribution in [3.8, 4) is 22.5 Å². The Kier molecular flexibility index (Phi) is 4.61. The third-order valence-corrected chi connectivity index (χ3v) is 5.67. The Morgan fingerprint density at radius 3 is 2.73 bits per heavy atom. The average Bonchev–Trinajstić information content (AvgIpc) is 3.59. The van der Waals surface area contributed by atoms with Gasteiger partial charge < -0.3 is 9.88 Å². The van der Waals surface area contributed by atoms with Crippen LogP contribution in [0.1, 0.15) is 29.4 Å². The largest absolute Gasteiger partial charge is 0.321 e. The number of aromatic nitrogens is 6. The van der Waals surface area contributed by atoms with Crippen LogP contribution in [0, 0.1) is 0 Å². The molecule has 4 aromatic heterocycles. The molecule has 1 aliphatic rings. The fourth-order valence-corrected chi connectivity index (χ4v) is 3.85. The first-order valence-corrected chi connectivity index (χ1v) is 10.7. The van der Waals surface area contributed by atoms with Crippen molar-refractivity contribution in [1.29, 1.82) is 0 Å². The second-order valence-electron chi connectivity index (χ2n) is 8.02. The van der Waals surface area contributed by atoms with Crippen LogP contribution < -0.4 is 5.32 Å². The Morgan fingerprint density at radius 2 is 1.82 bits per heavy atom. The van der Waals surface area contributed by atoms with E-state index < -0.39 is 0 Å². The first kappa shape index (κ1) is 19.2. The van der Waals surface area contributed by atoms with Gasteiger partial charge in [0, 0.05) is 41.4 Å². The molecule has 6 rings (SSSR count). The third kappa shape index (κ3) is 3.82. The maximum atomic E-state index is 13.0. The van der Waals surface area contributed by atoms with E-state index >= 15 is 0 Å². The van der Waals surface area contributed by atoms with Crippen LogP contribution in [-0.2, 0) is 0 Å². The number of hydrogen-bond donors (Lipinski definition) is 1. The van der Waals surface area contributed by atoms with E-state index in [-0.39, 0.29) is 5.91 Å². The first-order chi connectivity index (χ1) is 16.2. The highest BCUT2D eigenvalue weighted by molar-refractivity contribution is 6.03. The van der Waals surface area contributed by atoms with Crippen LogP contribution in [0.4, 0.5) is 5.69 Å². The van der Waals surface area contributed by atoms with Crippen LogP contribution in [0.25, 0.3) is 33.5 Å². The lowest BCUT2D eigenvalue weighted by Crippen LogP contribution is -2.13. The van der Waals surface area contributed by atoms with E-state index in [4.69, 9.17) is 0 Å². The lowest BCUT2D eigenvalue weighted by molar-refractivity contribution is 0.102. The van der Waals surface area contributed by atoms with Crippen LogP contribution in [0.15, 0.2) is 79.5 Å². The van der Waals surface area contributed by atoms with Crippen molar-refractivity contribution in [3.05, 3.63) is 85.2 Å². The topological polar surface area (TPSA) is 98.5 Å². The quantitative estimate of drug-likeness (QED) is 0.437. The smallest absolute Gasteiger partial charge is 0.274 e. The number of hydrogen-bond acceptors (Lipinski definition) is 6. The van der Waals surface area contributed by atoms with Crippen LogP contribution in [0.2, 0.25) is 0 Å². The Morgan fingerprint density at radius 1 is 0.879 bits per heavy atom. The van der Waals surface area contributed by atoms with Gasteiger partial charge in [0.1, 0.15) is 12.0 Å². The summed E-state index contributed by atoms with van der Waals surface area (Å²) in [6, 6.07) is 17.4. The molecule has 0 bridgehead atoms. The molecule has 160 valence electrons. The minimum Gasteiger partial charge on any atom is -0.321 e. The summed E-state index contributed by atoms with van der Waals surface area (Å²) in [5, 5.41) is 11.3. The Hall–Kier alpha value is -4.46. The van der Waals surface area contributed by atoms with Gasteiger partial charge >= 0.3 is 0 Å². The van der Waals surface area contributed by atoms with Gasteiger partial charge in [0.15, 0.2) is 5.82 Å². The van der Waals surface area contributed by atoms with Gasteiger partial charge in [-0.05, 0) is 60.9 Å². The summed E-state index contributed by atoms with van der Waals surface area (Å²) in [6.07, 6.45) is 9.20. The van der Waals surface area contributed by atoms with Gasteiger partial charge in [0.2, 0.25) is 0 Å². The van der Waals surface area contributed by atoms with E-state index in [1.165, 1.54) is 0 Å². The number of nitrogens with zero attached hydrogens (tertiary/aromatic N) is 6. The molecule has 0 spiro atoms. The van der Waals surface area contributed by atoms with Crippen molar-refractivity contribution in [2.45, 2.75) is 18.9 Å². The highest BCUT2D eigenvalue weighted by atomic mass is 16.1. The van der Waals surface area contributed by atoms with Gasteiger partial charge in [-0.1, -0.05) is 12.1 Å². The monoisotopic (exact) mass is 433 g/mol. The number of carbonyl (C=O) groups excluding carboxylic acids is 1. The highest BCUT2D eigenvalue weighted by Crippen LogP contribution is 2.37. The molecule has 0 unspecified atom stereocenters. The van der Waals surface area contributed by atoms with E-state index in [2.05, 4.69) is 35.0 Å². The third-order valence-electron chi connectivity index (χ3n) is 5.67. The SMILES string of the molecule is O=C(Nc1cccc(-c2nncn2C2CC2)c1)c1cc(-c2cnc3cccnc3c2)ccn1. The minimum atomic E-state index is -0.287. The van der Waals surface area contributed by atoms with Crippen LogP contribution in [0.3, 0.4) is 0 Å². The van der Waals surface area contributed by atoms with Crippen molar-refractivity contribution < 1.29 is 4.79 Å². The molecule has 0 atom stereocenters. The molecule has 1 N–H and O–H groups in total. The molecule has 0 radical (unpaired) electrons. The fourth-order valence-electron chi connectivity index (χ4n) is 3.85. The summed E-state index contributed by atoms with van der Waals surface area (Å²) in [6.45, 7) is 0. The van der Waals surface area contributed by atoms with Crippen LogP contribution in [0.5, 0.6) is 0 Å². The second kappa shape index (κ2) is 7.90. The van der Waals surface area contributed by atoms with Crippen molar-refractivity contribution >= 4 is 22.6 Å². The standard InChI is InChI=1S/C25H19N7O/c33-25(30-19-4-1-3-17(11-19)24-31-29-15-32(24)20-6-7-20)23-12-16(8-10-27-23)18-13-22-21(28-14-18)5-2-9-26-22/h1-5,8-15,20H,6-7H2,(H,30,33). The second-order valence-corrected chi connectivity index (χ2v) is 8.02. The van der Waals surface area contributed by atoms with Crippen molar-refractivity contribution in [3.63, 3.8) is 0 Å². The Bertz CT molecular complexity index is 1490. The number of pyridine rings is 3. The summed E-state index contributed by atoms with van der Waals surface area (Å²) in [5.41, 5.74) is 5.25. The summed E-state index contributed by atoms with van der Waals surface area (Å²) >= 11 is 0. The summed E-state index contributed by atoms with van der Waals surface area (Å²) < 4.78 is 2.10. The number of nitrogens with one attached hydrogen (secondary N) is 1.